The molecule has 0 aromatic heterocycles. The highest BCUT2D eigenvalue weighted by molar-refractivity contribution is 5.83. The van der Waals surface area contributed by atoms with Crippen molar-refractivity contribution in [3.8, 4) is 0 Å². The summed E-state index contributed by atoms with van der Waals surface area (Å²) >= 11 is 0. The van der Waals surface area contributed by atoms with E-state index in [1.54, 1.807) is 0 Å². The third-order valence-electron chi connectivity index (χ3n) is 2.42. The van der Waals surface area contributed by atoms with Crippen LogP contribution in [0.3, 0.4) is 0 Å². The molecule has 0 spiro atoms. The fourth-order valence-electron chi connectivity index (χ4n) is 1.14. The van der Waals surface area contributed by atoms with E-state index in [1.165, 1.54) is 11.1 Å². The molecular formula is C11H20O. The van der Waals surface area contributed by atoms with Gasteiger partial charge in [0.1, 0.15) is 5.78 Å². The Hall–Kier alpha value is -0.590. The minimum atomic E-state index is 0.120. The van der Waals surface area contributed by atoms with Crippen molar-refractivity contribution in [2.24, 2.45) is 5.92 Å². The SMILES string of the molecule is CCCC(=O)C(C)C(C)=C(C)C. The van der Waals surface area contributed by atoms with Gasteiger partial charge in [-0.05, 0) is 27.2 Å². The Balaban J connectivity index is 4.30. The lowest BCUT2D eigenvalue weighted by atomic mass is 9.92. The largest absolute Gasteiger partial charge is 0.299 e. The van der Waals surface area contributed by atoms with E-state index in [1.807, 2.05) is 20.8 Å². The highest BCUT2D eigenvalue weighted by Gasteiger charge is 2.13. The van der Waals surface area contributed by atoms with E-state index in [-0.39, 0.29) is 5.92 Å². The summed E-state index contributed by atoms with van der Waals surface area (Å²) < 4.78 is 0. The molecule has 0 aromatic rings. The van der Waals surface area contributed by atoms with Gasteiger partial charge in [0.15, 0.2) is 0 Å². The highest BCUT2D eigenvalue weighted by atomic mass is 16.1. The van der Waals surface area contributed by atoms with Gasteiger partial charge in [0.2, 0.25) is 0 Å². The Morgan fingerprint density at radius 3 is 2.08 bits per heavy atom. The van der Waals surface area contributed by atoms with Crippen LogP contribution in [0, 0.1) is 5.92 Å². The summed E-state index contributed by atoms with van der Waals surface area (Å²) in [6.07, 6.45) is 1.67. The van der Waals surface area contributed by atoms with Gasteiger partial charge in [-0.2, -0.15) is 0 Å². The lowest BCUT2D eigenvalue weighted by Crippen LogP contribution is -2.12. The molecule has 0 saturated heterocycles. The number of hydrogen-bond donors (Lipinski definition) is 0. The molecule has 0 amide bonds. The van der Waals surface area contributed by atoms with E-state index in [0.29, 0.717) is 12.2 Å². The Morgan fingerprint density at radius 1 is 1.25 bits per heavy atom. The molecule has 0 aliphatic rings. The highest BCUT2D eigenvalue weighted by Crippen LogP contribution is 2.16. The average molecular weight is 168 g/mol. The van der Waals surface area contributed by atoms with Gasteiger partial charge in [-0.3, -0.25) is 4.79 Å². The van der Waals surface area contributed by atoms with Crippen molar-refractivity contribution in [2.75, 3.05) is 0 Å². The van der Waals surface area contributed by atoms with E-state index in [9.17, 15) is 4.79 Å². The summed E-state index contributed by atoms with van der Waals surface area (Å²) in [6, 6.07) is 0. The lowest BCUT2D eigenvalue weighted by molar-refractivity contribution is -0.121. The van der Waals surface area contributed by atoms with Crippen LogP contribution < -0.4 is 0 Å². The molecule has 70 valence electrons. The zero-order chi connectivity index (χ0) is 9.72. The molecule has 1 nitrogen and oxygen atoms in total. The molecule has 0 aromatic carbocycles. The summed E-state index contributed by atoms with van der Waals surface area (Å²) in [5.41, 5.74) is 2.50. The first-order valence-corrected chi connectivity index (χ1v) is 4.67. The van der Waals surface area contributed by atoms with Gasteiger partial charge >= 0.3 is 0 Å². The number of hydrogen-bond acceptors (Lipinski definition) is 1. The van der Waals surface area contributed by atoms with Crippen LogP contribution >= 0.6 is 0 Å². The molecule has 12 heavy (non-hydrogen) atoms. The summed E-state index contributed by atoms with van der Waals surface area (Å²) in [5.74, 6) is 0.492. The molecule has 0 aliphatic heterocycles. The monoisotopic (exact) mass is 168 g/mol. The first-order valence-electron chi connectivity index (χ1n) is 4.67. The number of rotatable bonds is 4. The summed E-state index contributed by atoms with van der Waals surface area (Å²) in [5, 5.41) is 0. The average Bonchev–Trinajstić information content (AvgIpc) is 2.02. The van der Waals surface area contributed by atoms with Crippen LogP contribution in [0.1, 0.15) is 47.5 Å². The number of Topliss-reactive ketones (excluding diaryl/α,β-unsaturated/α-hetero) is 1. The molecule has 0 saturated carbocycles. The summed E-state index contributed by atoms with van der Waals surface area (Å²) in [4.78, 5) is 11.5. The van der Waals surface area contributed by atoms with Gasteiger partial charge in [-0.1, -0.05) is 25.0 Å². The maximum Gasteiger partial charge on any atom is 0.139 e. The summed E-state index contributed by atoms with van der Waals surface area (Å²) in [7, 11) is 0. The first-order chi connectivity index (χ1) is 5.50. The minimum absolute atomic E-state index is 0.120. The van der Waals surface area contributed by atoms with E-state index < -0.39 is 0 Å². The van der Waals surface area contributed by atoms with Crippen LogP contribution in [-0.2, 0) is 4.79 Å². The fraction of sp³-hybridized carbons (Fsp3) is 0.727. The third-order valence-corrected chi connectivity index (χ3v) is 2.42. The second-order valence-corrected chi connectivity index (χ2v) is 3.62. The van der Waals surface area contributed by atoms with Crippen LogP contribution in [0.25, 0.3) is 0 Å². The molecule has 1 unspecified atom stereocenters. The second kappa shape index (κ2) is 5.13. The van der Waals surface area contributed by atoms with E-state index in [2.05, 4.69) is 13.8 Å². The van der Waals surface area contributed by atoms with Crippen molar-refractivity contribution in [3.05, 3.63) is 11.1 Å². The van der Waals surface area contributed by atoms with E-state index in [0.717, 1.165) is 6.42 Å². The van der Waals surface area contributed by atoms with Crippen molar-refractivity contribution >= 4 is 5.78 Å². The quantitative estimate of drug-likeness (QED) is 0.588. The second-order valence-electron chi connectivity index (χ2n) is 3.62. The molecule has 0 aliphatic carbocycles. The molecule has 0 bridgehead atoms. The topological polar surface area (TPSA) is 17.1 Å². The molecule has 0 rings (SSSR count). The van der Waals surface area contributed by atoms with Crippen molar-refractivity contribution in [3.63, 3.8) is 0 Å². The van der Waals surface area contributed by atoms with Gasteiger partial charge in [-0.15, -0.1) is 0 Å². The Morgan fingerprint density at radius 2 is 1.75 bits per heavy atom. The predicted octanol–water partition coefficient (Wildman–Crippen LogP) is 3.35. The van der Waals surface area contributed by atoms with Gasteiger partial charge in [0.05, 0.1) is 0 Å². The number of carbonyl (C=O) groups is 1. The Labute approximate surface area is 75.9 Å². The van der Waals surface area contributed by atoms with Gasteiger partial charge in [0, 0.05) is 12.3 Å². The molecule has 0 radical (unpaired) electrons. The van der Waals surface area contributed by atoms with Crippen molar-refractivity contribution in [1.82, 2.24) is 0 Å². The van der Waals surface area contributed by atoms with E-state index >= 15 is 0 Å². The van der Waals surface area contributed by atoms with Gasteiger partial charge in [0.25, 0.3) is 0 Å². The van der Waals surface area contributed by atoms with Crippen molar-refractivity contribution < 1.29 is 4.79 Å². The molecule has 0 heterocycles. The number of allylic oxidation sites excluding steroid dienone is 2. The van der Waals surface area contributed by atoms with Gasteiger partial charge in [-0.25, -0.2) is 0 Å². The Bertz CT molecular complexity index is 185. The molecule has 1 heteroatoms. The zero-order valence-electron chi connectivity index (χ0n) is 8.90. The van der Waals surface area contributed by atoms with Crippen LogP contribution in [0.15, 0.2) is 11.1 Å². The van der Waals surface area contributed by atoms with Crippen molar-refractivity contribution in [2.45, 2.75) is 47.5 Å². The molecule has 0 fully saturated rings. The molecule has 1 atom stereocenters. The van der Waals surface area contributed by atoms with Crippen LogP contribution in [0.5, 0.6) is 0 Å². The smallest absolute Gasteiger partial charge is 0.139 e. The maximum absolute atomic E-state index is 11.5. The standard InChI is InChI=1S/C11H20O/c1-6-7-11(12)10(5)9(4)8(2)3/h10H,6-7H2,1-5H3. The third kappa shape index (κ3) is 3.21. The Kier molecular flexibility index (Phi) is 4.87. The van der Waals surface area contributed by atoms with Crippen molar-refractivity contribution in [1.29, 1.82) is 0 Å². The lowest BCUT2D eigenvalue weighted by Gasteiger charge is -2.12. The van der Waals surface area contributed by atoms with Crippen LogP contribution in [0.4, 0.5) is 0 Å². The normalized spacial score (nSPS) is 12.4. The fourth-order valence-corrected chi connectivity index (χ4v) is 1.14. The predicted molar refractivity (Wildman–Crippen MR) is 53.1 cm³/mol. The van der Waals surface area contributed by atoms with Crippen LogP contribution in [-0.4, -0.2) is 5.78 Å². The van der Waals surface area contributed by atoms with Gasteiger partial charge < -0.3 is 0 Å². The molecular weight excluding hydrogens is 148 g/mol. The number of ketones is 1. The van der Waals surface area contributed by atoms with Crippen LogP contribution in [0.2, 0.25) is 0 Å². The molecule has 0 N–H and O–H groups in total. The first kappa shape index (κ1) is 11.4. The summed E-state index contributed by atoms with van der Waals surface area (Å²) in [6.45, 7) is 10.2. The minimum Gasteiger partial charge on any atom is -0.299 e. The number of carbonyl (C=O) groups excluding carboxylic acids is 1. The zero-order valence-corrected chi connectivity index (χ0v) is 8.90. The maximum atomic E-state index is 11.5. The van der Waals surface area contributed by atoms with E-state index in [4.69, 9.17) is 0 Å².